The summed E-state index contributed by atoms with van der Waals surface area (Å²) in [5, 5.41) is 2.91. The molecule has 0 saturated heterocycles. The summed E-state index contributed by atoms with van der Waals surface area (Å²) < 4.78 is 10.7. The lowest BCUT2D eigenvalue weighted by molar-refractivity contribution is -0.149. The summed E-state index contributed by atoms with van der Waals surface area (Å²) in [6.45, 7) is 1.95. The average Bonchev–Trinajstić information content (AvgIpc) is 2.57. The number of allylic oxidation sites excluding steroid dienone is 1. The maximum atomic E-state index is 12.4. The first-order valence-corrected chi connectivity index (χ1v) is 7.81. The van der Waals surface area contributed by atoms with Gasteiger partial charge in [-0.25, -0.2) is 0 Å². The molecule has 5 heteroatoms. The van der Waals surface area contributed by atoms with Crippen LogP contribution >= 0.6 is 0 Å². The second-order valence-electron chi connectivity index (χ2n) is 5.67. The van der Waals surface area contributed by atoms with Gasteiger partial charge in [-0.05, 0) is 12.0 Å². The zero-order chi connectivity index (χ0) is 16.7. The minimum Gasteiger partial charge on any atom is -0.463 e. The Morgan fingerprint density at radius 1 is 1.13 bits per heavy atom. The molecule has 5 nitrogen and oxygen atoms in total. The van der Waals surface area contributed by atoms with Gasteiger partial charge in [0.05, 0.1) is 12.0 Å². The molecule has 3 atom stereocenters. The van der Waals surface area contributed by atoms with Gasteiger partial charge in [-0.1, -0.05) is 49.4 Å². The summed E-state index contributed by atoms with van der Waals surface area (Å²) in [4.78, 5) is 24.4. The maximum Gasteiger partial charge on any atom is 0.309 e. The van der Waals surface area contributed by atoms with Gasteiger partial charge in [0.25, 0.3) is 0 Å². The first kappa shape index (κ1) is 17.2. The van der Waals surface area contributed by atoms with Crippen LogP contribution in [0.1, 0.15) is 31.4 Å². The quantitative estimate of drug-likeness (QED) is 0.672. The van der Waals surface area contributed by atoms with Gasteiger partial charge in [-0.2, -0.15) is 0 Å². The van der Waals surface area contributed by atoms with E-state index in [1.54, 1.807) is 0 Å². The molecule has 1 aromatic rings. The normalized spacial score (nSPS) is 28.0. The summed E-state index contributed by atoms with van der Waals surface area (Å²) in [5.74, 6) is -0.678. The zero-order valence-electron chi connectivity index (χ0n) is 13.5. The van der Waals surface area contributed by atoms with E-state index in [4.69, 9.17) is 9.47 Å². The van der Waals surface area contributed by atoms with Crippen molar-refractivity contribution in [3.8, 4) is 0 Å². The van der Waals surface area contributed by atoms with Crippen molar-refractivity contribution in [3.63, 3.8) is 0 Å². The van der Waals surface area contributed by atoms with Crippen molar-refractivity contribution in [2.75, 3.05) is 13.7 Å². The van der Waals surface area contributed by atoms with Crippen LogP contribution < -0.4 is 5.32 Å². The number of carbonyl (C=O) groups excluding carboxylic acids is 2. The number of rotatable bonds is 2. The van der Waals surface area contributed by atoms with Gasteiger partial charge in [0.1, 0.15) is 12.7 Å². The summed E-state index contributed by atoms with van der Waals surface area (Å²) in [6, 6.07) is 9.08. The van der Waals surface area contributed by atoms with E-state index in [2.05, 4.69) is 5.32 Å². The maximum absolute atomic E-state index is 12.4. The van der Waals surface area contributed by atoms with Gasteiger partial charge >= 0.3 is 5.97 Å². The van der Waals surface area contributed by atoms with Crippen molar-refractivity contribution < 1.29 is 19.1 Å². The van der Waals surface area contributed by atoms with Crippen LogP contribution in [0.3, 0.4) is 0 Å². The molecule has 0 radical (unpaired) electrons. The summed E-state index contributed by atoms with van der Waals surface area (Å²) in [6.07, 6.45) is 4.28. The fourth-order valence-electron chi connectivity index (χ4n) is 2.41. The summed E-state index contributed by atoms with van der Waals surface area (Å²) >= 11 is 0. The first-order valence-electron chi connectivity index (χ1n) is 7.81. The largest absolute Gasteiger partial charge is 0.463 e. The van der Waals surface area contributed by atoms with Gasteiger partial charge < -0.3 is 14.8 Å². The molecule has 124 valence electrons. The molecule has 0 spiro atoms. The number of ether oxygens (including phenoxy) is 2. The predicted molar refractivity (Wildman–Crippen MR) is 86.6 cm³/mol. The van der Waals surface area contributed by atoms with E-state index in [1.807, 2.05) is 49.4 Å². The number of carbonyl (C=O) groups is 2. The molecule has 0 saturated carbocycles. The number of benzene rings is 1. The SMILES string of the molecule is CO[C@@H]1C/C=C/C[C@@H](C)C(=O)OCC(c2ccccc2)NC1=O. The summed E-state index contributed by atoms with van der Waals surface area (Å²) in [5.41, 5.74) is 0.892. The van der Waals surface area contributed by atoms with Gasteiger partial charge in [0, 0.05) is 13.5 Å². The van der Waals surface area contributed by atoms with Crippen molar-refractivity contribution >= 4 is 11.9 Å². The summed E-state index contributed by atoms with van der Waals surface area (Å²) in [7, 11) is 1.52. The molecule has 1 aliphatic rings. The van der Waals surface area contributed by atoms with Crippen molar-refractivity contribution in [2.24, 2.45) is 5.92 Å². The lowest BCUT2D eigenvalue weighted by Crippen LogP contribution is -2.40. The van der Waals surface area contributed by atoms with Crippen LogP contribution in [0.15, 0.2) is 42.5 Å². The fourth-order valence-corrected chi connectivity index (χ4v) is 2.41. The number of amides is 1. The van der Waals surface area contributed by atoms with E-state index in [0.717, 1.165) is 5.56 Å². The Hall–Kier alpha value is -2.14. The molecule has 1 heterocycles. The number of methoxy groups -OCH3 is 1. The van der Waals surface area contributed by atoms with E-state index in [0.29, 0.717) is 12.8 Å². The van der Waals surface area contributed by atoms with Crippen LogP contribution in [0, 0.1) is 5.92 Å². The molecular weight excluding hydrogens is 294 g/mol. The van der Waals surface area contributed by atoms with E-state index in [1.165, 1.54) is 7.11 Å². The Morgan fingerprint density at radius 3 is 2.52 bits per heavy atom. The molecule has 2 rings (SSSR count). The molecule has 0 aliphatic carbocycles. The molecule has 1 unspecified atom stereocenters. The molecule has 1 amide bonds. The number of hydrogen-bond acceptors (Lipinski definition) is 4. The van der Waals surface area contributed by atoms with Crippen LogP contribution in [0.2, 0.25) is 0 Å². The highest BCUT2D eigenvalue weighted by molar-refractivity contribution is 5.81. The molecule has 0 aromatic heterocycles. The van der Waals surface area contributed by atoms with Crippen LogP contribution in [-0.2, 0) is 19.1 Å². The van der Waals surface area contributed by atoms with Crippen LogP contribution in [0.4, 0.5) is 0 Å². The minimum atomic E-state index is -0.553. The predicted octanol–water partition coefficient (Wildman–Crippen LogP) is 2.39. The smallest absolute Gasteiger partial charge is 0.309 e. The molecular formula is C18H23NO4. The molecule has 0 fully saturated rings. The van der Waals surface area contributed by atoms with Gasteiger partial charge in [-0.3, -0.25) is 9.59 Å². The van der Waals surface area contributed by atoms with Crippen LogP contribution in [0.5, 0.6) is 0 Å². The highest BCUT2D eigenvalue weighted by atomic mass is 16.5. The van der Waals surface area contributed by atoms with Crippen molar-refractivity contribution in [3.05, 3.63) is 48.0 Å². The Bertz CT molecular complexity index is 555. The van der Waals surface area contributed by atoms with Crippen LogP contribution in [0.25, 0.3) is 0 Å². The lowest BCUT2D eigenvalue weighted by atomic mass is 10.0. The van der Waals surface area contributed by atoms with Gasteiger partial charge in [0.15, 0.2) is 0 Å². The zero-order valence-corrected chi connectivity index (χ0v) is 13.5. The third-order valence-electron chi connectivity index (χ3n) is 3.90. The van der Waals surface area contributed by atoms with E-state index in [9.17, 15) is 9.59 Å². The molecule has 1 aliphatic heterocycles. The Labute approximate surface area is 136 Å². The van der Waals surface area contributed by atoms with E-state index >= 15 is 0 Å². The number of esters is 1. The molecule has 23 heavy (non-hydrogen) atoms. The third-order valence-corrected chi connectivity index (χ3v) is 3.90. The van der Waals surface area contributed by atoms with Crippen molar-refractivity contribution in [2.45, 2.75) is 31.9 Å². The topological polar surface area (TPSA) is 64.6 Å². The van der Waals surface area contributed by atoms with Gasteiger partial charge in [0.2, 0.25) is 5.91 Å². The first-order chi connectivity index (χ1) is 11.1. The minimum absolute atomic E-state index is 0.110. The average molecular weight is 317 g/mol. The third kappa shape index (κ3) is 4.93. The van der Waals surface area contributed by atoms with Crippen LogP contribution in [-0.4, -0.2) is 31.7 Å². The molecule has 0 bridgehead atoms. The lowest BCUT2D eigenvalue weighted by Gasteiger charge is -2.23. The second kappa shape index (κ2) is 8.48. The monoisotopic (exact) mass is 317 g/mol. The number of nitrogens with one attached hydrogen (secondary N) is 1. The van der Waals surface area contributed by atoms with Gasteiger partial charge in [-0.15, -0.1) is 0 Å². The Kier molecular flexibility index (Phi) is 6.35. The van der Waals surface area contributed by atoms with Crippen molar-refractivity contribution in [1.29, 1.82) is 0 Å². The second-order valence-corrected chi connectivity index (χ2v) is 5.67. The fraction of sp³-hybridized carbons (Fsp3) is 0.444. The Morgan fingerprint density at radius 2 is 1.83 bits per heavy atom. The molecule has 1 N–H and O–H groups in total. The highest BCUT2D eigenvalue weighted by Gasteiger charge is 2.24. The highest BCUT2D eigenvalue weighted by Crippen LogP contribution is 2.17. The standard InChI is InChI=1S/C18H23NO4/c1-13-8-6-7-11-16(22-2)17(20)19-15(12-23-18(13)21)14-9-4-3-5-10-14/h3-7,9-10,13,15-16H,8,11-12H2,1-2H3,(H,19,20)/b7-6+/t13-,15?,16-/m1/s1. The number of cyclic esters (lactones) is 1. The Balaban J connectivity index is 2.21. The van der Waals surface area contributed by atoms with Crippen molar-refractivity contribution in [1.82, 2.24) is 5.32 Å². The van der Waals surface area contributed by atoms with E-state index < -0.39 is 6.10 Å². The van der Waals surface area contributed by atoms with E-state index in [-0.39, 0.29) is 30.4 Å². The molecule has 1 aromatic carbocycles. The number of hydrogen-bond donors (Lipinski definition) is 1.